The van der Waals surface area contributed by atoms with Crippen LogP contribution in [0, 0.1) is 0 Å². The van der Waals surface area contributed by atoms with Crippen molar-refractivity contribution in [2.24, 2.45) is 0 Å². The Morgan fingerprint density at radius 2 is 2.14 bits per heavy atom. The summed E-state index contributed by atoms with van der Waals surface area (Å²) in [7, 11) is 1.56. The first-order chi connectivity index (χ1) is 6.29. The van der Waals surface area contributed by atoms with E-state index in [4.69, 9.17) is 4.74 Å². The lowest BCUT2D eigenvalue weighted by Gasteiger charge is -2.44. The molecule has 1 atom stereocenters. The number of carbonyl (C=O) groups is 1. The molecule has 1 amide bonds. The van der Waals surface area contributed by atoms with Gasteiger partial charge in [-0.3, -0.25) is 4.79 Å². The minimum atomic E-state index is -0.726. The van der Waals surface area contributed by atoms with Gasteiger partial charge in [0.05, 0.1) is 6.04 Å². The summed E-state index contributed by atoms with van der Waals surface area (Å²) in [6.45, 7) is 7.85. The van der Waals surface area contributed by atoms with E-state index in [1.54, 1.807) is 21.0 Å². The van der Waals surface area contributed by atoms with Crippen LogP contribution in [0.4, 0.5) is 0 Å². The van der Waals surface area contributed by atoms with Crippen molar-refractivity contribution in [1.82, 2.24) is 5.32 Å². The zero-order valence-electron chi connectivity index (χ0n) is 9.51. The second-order valence-electron chi connectivity index (χ2n) is 4.65. The normalized spacial score (nSPS) is 25.4. The van der Waals surface area contributed by atoms with Gasteiger partial charge in [0.15, 0.2) is 0 Å². The van der Waals surface area contributed by atoms with Gasteiger partial charge in [-0.05, 0) is 27.7 Å². The van der Waals surface area contributed by atoms with Gasteiger partial charge in [0.2, 0.25) is 0 Å². The maximum Gasteiger partial charge on any atom is 0.251 e. The van der Waals surface area contributed by atoms with E-state index in [-0.39, 0.29) is 16.7 Å². The van der Waals surface area contributed by atoms with Crippen molar-refractivity contribution in [2.45, 2.75) is 44.1 Å². The number of hydrogen-bond acceptors (Lipinski definition) is 3. The van der Waals surface area contributed by atoms with E-state index in [2.05, 4.69) is 19.2 Å². The second kappa shape index (κ2) is 3.74. The fourth-order valence-electron chi connectivity index (χ4n) is 1.14. The molecule has 1 saturated heterocycles. The quantitative estimate of drug-likeness (QED) is 0.777. The zero-order valence-corrected chi connectivity index (χ0v) is 10.3. The predicted octanol–water partition coefficient (Wildman–Crippen LogP) is 1.42. The van der Waals surface area contributed by atoms with E-state index < -0.39 is 5.60 Å². The highest BCUT2D eigenvalue weighted by atomic mass is 32.2. The van der Waals surface area contributed by atoms with E-state index >= 15 is 0 Å². The third kappa shape index (κ3) is 2.23. The molecule has 1 aliphatic rings. The lowest BCUT2D eigenvalue weighted by atomic mass is 10.0. The lowest BCUT2D eigenvalue weighted by Crippen LogP contribution is -2.60. The SMILES string of the molecule is COC(C)(C)C(=O)NC1CSC1(C)C. The molecule has 1 fully saturated rings. The van der Waals surface area contributed by atoms with Gasteiger partial charge in [-0.25, -0.2) is 0 Å². The number of nitrogens with one attached hydrogen (secondary N) is 1. The molecular weight excluding hydrogens is 198 g/mol. The lowest BCUT2D eigenvalue weighted by molar-refractivity contribution is -0.140. The van der Waals surface area contributed by atoms with Gasteiger partial charge in [0, 0.05) is 17.6 Å². The number of rotatable bonds is 3. The van der Waals surface area contributed by atoms with Crippen molar-refractivity contribution >= 4 is 17.7 Å². The molecule has 0 aromatic heterocycles. The van der Waals surface area contributed by atoms with E-state index in [9.17, 15) is 4.79 Å². The third-order valence-electron chi connectivity index (χ3n) is 2.82. The number of ether oxygens (including phenoxy) is 1. The summed E-state index contributed by atoms with van der Waals surface area (Å²) >= 11 is 1.88. The Bertz CT molecular complexity index is 238. The molecule has 1 rings (SSSR count). The Balaban J connectivity index is 2.50. The van der Waals surface area contributed by atoms with Crippen molar-refractivity contribution in [3.63, 3.8) is 0 Å². The van der Waals surface area contributed by atoms with Crippen LogP contribution in [0.3, 0.4) is 0 Å². The molecule has 0 aromatic rings. The average molecular weight is 217 g/mol. The molecule has 1 aliphatic heterocycles. The maximum absolute atomic E-state index is 11.7. The largest absolute Gasteiger partial charge is 0.369 e. The van der Waals surface area contributed by atoms with Crippen LogP contribution in [0.1, 0.15) is 27.7 Å². The Morgan fingerprint density at radius 1 is 1.57 bits per heavy atom. The highest BCUT2D eigenvalue weighted by Gasteiger charge is 2.42. The van der Waals surface area contributed by atoms with Gasteiger partial charge in [-0.15, -0.1) is 0 Å². The van der Waals surface area contributed by atoms with Crippen LogP contribution in [0.15, 0.2) is 0 Å². The summed E-state index contributed by atoms with van der Waals surface area (Å²) < 4.78 is 5.28. The second-order valence-corrected chi connectivity index (χ2v) is 6.33. The van der Waals surface area contributed by atoms with Crippen LogP contribution in [-0.2, 0) is 9.53 Å². The number of carbonyl (C=O) groups excluding carboxylic acids is 1. The van der Waals surface area contributed by atoms with Crippen LogP contribution in [0.25, 0.3) is 0 Å². The highest BCUT2D eigenvalue weighted by molar-refractivity contribution is 8.02. The van der Waals surface area contributed by atoms with Crippen LogP contribution in [-0.4, -0.2) is 35.2 Å². The molecule has 0 bridgehead atoms. The Hall–Kier alpha value is -0.220. The topological polar surface area (TPSA) is 38.3 Å². The van der Waals surface area contributed by atoms with Gasteiger partial charge < -0.3 is 10.1 Å². The van der Waals surface area contributed by atoms with E-state index in [0.29, 0.717) is 0 Å². The van der Waals surface area contributed by atoms with Gasteiger partial charge in [-0.1, -0.05) is 0 Å². The fraction of sp³-hybridized carbons (Fsp3) is 0.900. The number of hydrogen-bond donors (Lipinski definition) is 1. The molecule has 1 heterocycles. The van der Waals surface area contributed by atoms with Gasteiger partial charge >= 0.3 is 0 Å². The van der Waals surface area contributed by atoms with Gasteiger partial charge in [0.1, 0.15) is 5.60 Å². The first kappa shape index (κ1) is 11.9. The molecular formula is C10H19NO2S. The number of methoxy groups -OCH3 is 1. The molecule has 0 aromatic carbocycles. The van der Waals surface area contributed by atoms with Crippen LogP contribution in [0.5, 0.6) is 0 Å². The molecule has 1 N–H and O–H groups in total. The summed E-state index contributed by atoms with van der Waals surface area (Å²) in [6.07, 6.45) is 0. The highest BCUT2D eigenvalue weighted by Crippen LogP contribution is 2.40. The molecule has 0 spiro atoms. The minimum Gasteiger partial charge on any atom is -0.369 e. The summed E-state index contributed by atoms with van der Waals surface area (Å²) in [5.41, 5.74) is -0.726. The van der Waals surface area contributed by atoms with E-state index in [1.807, 2.05) is 11.8 Å². The zero-order chi connectivity index (χ0) is 11.0. The smallest absolute Gasteiger partial charge is 0.251 e. The molecule has 0 saturated carbocycles. The van der Waals surface area contributed by atoms with Crippen molar-refractivity contribution in [2.75, 3.05) is 12.9 Å². The van der Waals surface area contributed by atoms with Crippen LogP contribution in [0.2, 0.25) is 0 Å². The molecule has 0 radical (unpaired) electrons. The van der Waals surface area contributed by atoms with Crippen molar-refractivity contribution in [1.29, 1.82) is 0 Å². The first-order valence-corrected chi connectivity index (χ1v) is 5.78. The summed E-state index contributed by atoms with van der Waals surface area (Å²) in [4.78, 5) is 11.7. The molecule has 4 heteroatoms. The van der Waals surface area contributed by atoms with Crippen molar-refractivity contribution in [3.8, 4) is 0 Å². The molecule has 14 heavy (non-hydrogen) atoms. The Morgan fingerprint density at radius 3 is 2.43 bits per heavy atom. The molecule has 0 aliphatic carbocycles. The fourth-order valence-corrected chi connectivity index (χ4v) is 2.28. The van der Waals surface area contributed by atoms with Crippen molar-refractivity contribution in [3.05, 3.63) is 0 Å². The average Bonchev–Trinajstić information content (AvgIpc) is 2.12. The minimum absolute atomic E-state index is 0.0293. The number of amides is 1. The van der Waals surface area contributed by atoms with E-state index in [0.717, 1.165) is 5.75 Å². The van der Waals surface area contributed by atoms with Crippen LogP contribution >= 0.6 is 11.8 Å². The van der Waals surface area contributed by atoms with Crippen molar-refractivity contribution < 1.29 is 9.53 Å². The van der Waals surface area contributed by atoms with Gasteiger partial charge in [0.25, 0.3) is 5.91 Å². The van der Waals surface area contributed by atoms with Gasteiger partial charge in [-0.2, -0.15) is 11.8 Å². The maximum atomic E-state index is 11.7. The Labute approximate surface area is 90.0 Å². The molecule has 82 valence electrons. The molecule has 1 unspecified atom stereocenters. The number of thioether (sulfide) groups is 1. The van der Waals surface area contributed by atoms with Crippen LogP contribution < -0.4 is 5.32 Å². The first-order valence-electron chi connectivity index (χ1n) is 4.79. The van der Waals surface area contributed by atoms with E-state index in [1.165, 1.54) is 0 Å². The predicted molar refractivity (Wildman–Crippen MR) is 59.6 cm³/mol. The third-order valence-corrected chi connectivity index (χ3v) is 4.35. The summed E-state index contributed by atoms with van der Waals surface area (Å²) in [6, 6.07) is 0.273. The Kier molecular flexibility index (Phi) is 3.17. The molecule has 3 nitrogen and oxygen atoms in total. The summed E-state index contributed by atoms with van der Waals surface area (Å²) in [5, 5.41) is 3.01. The summed E-state index contributed by atoms with van der Waals surface area (Å²) in [5.74, 6) is 0.969. The monoisotopic (exact) mass is 217 g/mol. The standard InChI is InChI=1S/C10H19NO2S/c1-9(2,13-5)8(12)11-7-6-14-10(7,3)4/h7H,6H2,1-5H3,(H,11,12).